The molecule has 2 N–H and O–H groups in total. The molecule has 0 radical (unpaired) electrons. The molecule has 0 spiro atoms. The molecule has 2 aromatic rings. The van der Waals surface area contributed by atoms with Crippen LogP contribution in [0.3, 0.4) is 0 Å². The second kappa shape index (κ2) is 5.80. The quantitative estimate of drug-likeness (QED) is 0.783. The van der Waals surface area contributed by atoms with Crippen molar-refractivity contribution in [1.82, 2.24) is 10.1 Å². The first-order chi connectivity index (χ1) is 9.20. The van der Waals surface area contributed by atoms with Crippen molar-refractivity contribution in [2.45, 2.75) is 6.92 Å². The molecule has 0 bridgehead atoms. The average Bonchev–Trinajstić information content (AvgIpc) is 2.83. The van der Waals surface area contributed by atoms with Crippen LogP contribution >= 0.6 is 0 Å². The number of rotatable bonds is 2. The monoisotopic (exact) mass is 257 g/mol. The number of nitrogens with one attached hydrogen (secondary N) is 1. The lowest BCUT2D eigenvalue weighted by molar-refractivity contribution is 0.0986. The third kappa shape index (κ3) is 3.18. The van der Waals surface area contributed by atoms with Crippen LogP contribution in [0.2, 0.25) is 0 Å². The van der Waals surface area contributed by atoms with Crippen molar-refractivity contribution >= 4 is 11.7 Å². The first kappa shape index (κ1) is 12.8. The Morgan fingerprint density at radius 2 is 2.37 bits per heavy atom. The number of aliphatic hydroxyl groups is 1. The maximum Gasteiger partial charge on any atom is 0.295 e. The second-order valence-corrected chi connectivity index (χ2v) is 3.66. The Morgan fingerprint density at radius 1 is 1.53 bits per heavy atom. The van der Waals surface area contributed by atoms with Gasteiger partial charge in [0.15, 0.2) is 0 Å². The van der Waals surface area contributed by atoms with Crippen LogP contribution in [0.4, 0.5) is 5.82 Å². The third-order valence-corrected chi connectivity index (χ3v) is 2.24. The van der Waals surface area contributed by atoms with Crippen LogP contribution in [0.1, 0.15) is 21.8 Å². The van der Waals surface area contributed by atoms with Crippen molar-refractivity contribution in [1.29, 1.82) is 0 Å². The highest BCUT2D eigenvalue weighted by Gasteiger charge is 2.14. The summed E-state index contributed by atoms with van der Waals surface area (Å²) in [6.45, 7) is 1.48. The van der Waals surface area contributed by atoms with E-state index in [1.165, 1.54) is 6.20 Å². The molecule has 0 aliphatic heterocycles. The zero-order valence-electron chi connectivity index (χ0n) is 10.2. The predicted octanol–water partition coefficient (Wildman–Crippen LogP) is 0.974. The topological polar surface area (TPSA) is 88.2 Å². The minimum atomic E-state index is -0.422. The Balaban J connectivity index is 2.15. The third-order valence-electron chi connectivity index (χ3n) is 2.24. The molecule has 6 heteroatoms. The van der Waals surface area contributed by atoms with Gasteiger partial charge in [-0.15, -0.1) is 0 Å². The molecule has 0 aliphatic rings. The van der Waals surface area contributed by atoms with Gasteiger partial charge in [0, 0.05) is 5.56 Å². The molecule has 96 valence electrons. The number of aliphatic hydroxyl groups excluding tert-OH is 1. The molecular weight excluding hydrogens is 246 g/mol. The summed E-state index contributed by atoms with van der Waals surface area (Å²) >= 11 is 0. The molecule has 2 rings (SSSR count). The summed E-state index contributed by atoms with van der Waals surface area (Å²) in [5.74, 6) is 5.22. The molecular formula is C13H11N3O3. The lowest BCUT2D eigenvalue weighted by Gasteiger charge is -2.02. The fraction of sp³-hybridized carbons (Fsp3) is 0.154. The molecule has 0 unspecified atom stereocenters. The molecule has 2 aromatic heterocycles. The maximum atomic E-state index is 11.9. The minimum Gasteiger partial charge on any atom is -0.384 e. The number of carbonyl (C=O) groups is 1. The SMILES string of the molecule is Cc1cnoc1C(=O)Nc1cccc(C#CCO)n1. The van der Waals surface area contributed by atoms with Gasteiger partial charge in [-0.1, -0.05) is 17.1 Å². The lowest BCUT2D eigenvalue weighted by Crippen LogP contribution is -2.13. The number of nitrogens with zero attached hydrogens (tertiary/aromatic N) is 2. The van der Waals surface area contributed by atoms with E-state index in [4.69, 9.17) is 9.63 Å². The van der Waals surface area contributed by atoms with Gasteiger partial charge in [0.25, 0.3) is 5.91 Å². The van der Waals surface area contributed by atoms with Crippen LogP contribution < -0.4 is 5.32 Å². The van der Waals surface area contributed by atoms with Gasteiger partial charge in [-0.2, -0.15) is 0 Å². The summed E-state index contributed by atoms with van der Waals surface area (Å²) in [6.07, 6.45) is 1.46. The summed E-state index contributed by atoms with van der Waals surface area (Å²) in [4.78, 5) is 16.0. The van der Waals surface area contributed by atoms with Gasteiger partial charge >= 0.3 is 0 Å². The smallest absolute Gasteiger partial charge is 0.295 e. The Bertz CT molecular complexity index is 652. The summed E-state index contributed by atoms with van der Waals surface area (Å²) in [6, 6.07) is 5.02. The van der Waals surface area contributed by atoms with E-state index in [-0.39, 0.29) is 12.4 Å². The van der Waals surface area contributed by atoms with E-state index in [0.717, 1.165) is 0 Å². The van der Waals surface area contributed by atoms with Crippen molar-refractivity contribution in [3.63, 3.8) is 0 Å². The largest absolute Gasteiger partial charge is 0.384 e. The van der Waals surface area contributed by atoms with E-state index in [1.807, 2.05) is 0 Å². The molecule has 0 aliphatic carbocycles. The summed E-state index contributed by atoms with van der Waals surface area (Å²) in [5.41, 5.74) is 1.11. The zero-order valence-corrected chi connectivity index (χ0v) is 10.2. The number of amides is 1. The van der Waals surface area contributed by atoms with E-state index in [2.05, 4.69) is 27.3 Å². The molecule has 0 saturated heterocycles. The number of hydrogen-bond acceptors (Lipinski definition) is 5. The molecule has 19 heavy (non-hydrogen) atoms. The standard InChI is InChI=1S/C13H11N3O3/c1-9-8-14-19-12(9)13(18)16-11-6-2-4-10(15-11)5-3-7-17/h2,4,6,8,17H,7H2,1H3,(H,15,16,18). The molecule has 0 aromatic carbocycles. The Kier molecular flexibility index (Phi) is 3.90. The van der Waals surface area contributed by atoms with Crippen molar-refractivity contribution in [2.24, 2.45) is 0 Å². The molecule has 0 saturated carbocycles. The van der Waals surface area contributed by atoms with E-state index < -0.39 is 5.91 Å². The van der Waals surface area contributed by atoms with E-state index >= 15 is 0 Å². The number of anilines is 1. The lowest BCUT2D eigenvalue weighted by atomic mass is 10.3. The summed E-state index contributed by atoms with van der Waals surface area (Å²) < 4.78 is 4.84. The fourth-order valence-corrected chi connectivity index (χ4v) is 1.39. The van der Waals surface area contributed by atoms with Crippen LogP contribution in [0.25, 0.3) is 0 Å². The average molecular weight is 257 g/mol. The Hall–Kier alpha value is -2.65. The minimum absolute atomic E-state index is 0.147. The van der Waals surface area contributed by atoms with Gasteiger partial charge in [-0.05, 0) is 25.0 Å². The van der Waals surface area contributed by atoms with Gasteiger partial charge in [-0.3, -0.25) is 4.79 Å². The van der Waals surface area contributed by atoms with Crippen molar-refractivity contribution in [3.05, 3.63) is 41.4 Å². The second-order valence-electron chi connectivity index (χ2n) is 3.66. The molecule has 2 heterocycles. The number of pyridine rings is 1. The van der Waals surface area contributed by atoms with Crippen LogP contribution in [-0.4, -0.2) is 27.8 Å². The van der Waals surface area contributed by atoms with Crippen LogP contribution in [-0.2, 0) is 0 Å². The van der Waals surface area contributed by atoms with Gasteiger partial charge in [0.2, 0.25) is 5.76 Å². The fourth-order valence-electron chi connectivity index (χ4n) is 1.39. The predicted molar refractivity (Wildman–Crippen MR) is 67.4 cm³/mol. The van der Waals surface area contributed by atoms with Gasteiger partial charge in [0.05, 0.1) is 6.20 Å². The summed E-state index contributed by atoms with van der Waals surface area (Å²) in [5, 5.41) is 14.7. The number of hydrogen-bond donors (Lipinski definition) is 2. The van der Waals surface area contributed by atoms with E-state index in [0.29, 0.717) is 17.1 Å². The highest BCUT2D eigenvalue weighted by Crippen LogP contribution is 2.10. The summed E-state index contributed by atoms with van der Waals surface area (Å²) in [7, 11) is 0. The van der Waals surface area contributed by atoms with Crippen molar-refractivity contribution in [2.75, 3.05) is 11.9 Å². The normalized spacial score (nSPS) is 9.58. The van der Waals surface area contributed by atoms with Gasteiger partial charge in [-0.25, -0.2) is 4.98 Å². The van der Waals surface area contributed by atoms with Crippen molar-refractivity contribution in [3.8, 4) is 11.8 Å². The van der Waals surface area contributed by atoms with Crippen molar-refractivity contribution < 1.29 is 14.4 Å². The zero-order chi connectivity index (χ0) is 13.7. The number of carbonyl (C=O) groups excluding carboxylic acids is 1. The van der Waals surface area contributed by atoms with E-state index in [9.17, 15) is 4.79 Å². The first-order valence-corrected chi connectivity index (χ1v) is 5.50. The van der Waals surface area contributed by atoms with E-state index in [1.54, 1.807) is 25.1 Å². The molecule has 1 amide bonds. The maximum absolute atomic E-state index is 11.9. The van der Waals surface area contributed by atoms with Crippen LogP contribution in [0.15, 0.2) is 28.9 Å². The van der Waals surface area contributed by atoms with Gasteiger partial charge < -0.3 is 14.9 Å². The van der Waals surface area contributed by atoms with Gasteiger partial charge in [0.1, 0.15) is 18.1 Å². The van der Waals surface area contributed by atoms with Crippen LogP contribution in [0.5, 0.6) is 0 Å². The Labute approximate surface area is 109 Å². The molecule has 0 fully saturated rings. The number of aromatic nitrogens is 2. The number of aryl methyl sites for hydroxylation is 1. The highest BCUT2D eigenvalue weighted by atomic mass is 16.5. The molecule has 0 atom stereocenters. The Morgan fingerprint density at radius 3 is 3.05 bits per heavy atom. The molecule has 6 nitrogen and oxygen atoms in total. The van der Waals surface area contributed by atoms with Crippen LogP contribution in [0, 0.1) is 18.8 Å². The first-order valence-electron chi connectivity index (χ1n) is 5.50. The highest BCUT2D eigenvalue weighted by molar-refractivity contribution is 6.02.